The highest BCUT2D eigenvalue weighted by molar-refractivity contribution is 4.97. The van der Waals surface area contributed by atoms with E-state index in [-0.39, 0.29) is 0 Å². The van der Waals surface area contributed by atoms with Crippen molar-refractivity contribution < 1.29 is 0 Å². The standard InChI is InChI=1S/C14H28N2/c1-12-7-9-14(11-15,10-8-12)16(2)13-5-3-4-6-13/h12-13H,3-11,15H2,1-2H3. The van der Waals surface area contributed by atoms with Gasteiger partial charge in [0.25, 0.3) is 0 Å². The average Bonchev–Trinajstić information content (AvgIpc) is 2.83. The summed E-state index contributed by atoms with van der Waals surface area (Å²) in [5, 5.41) is 0. The van der Waals surface area contributed by atoms with Gasteiger partial charge >= 0.3 is 0 Å². The first-order valence-electron chi connectivity index (χ1n) is 7.11. The molecule has 0 atom stereocenters. The van der Waals surface area contributed by atoms with Crippen LogP contribution in [0, 0.1) is 5.92 Å². The third kappa shape index (κ3) is 2.28. The zero-order chi connectivity index (χ0) is 11.6. The van der Waals surface area contributed by atoms with Gasteiger partial charge < -0.3 is 5.73 Å². The van der Waals surface area contributed by atoms with Crippen molar-refractivity contribution in [2.45, 2.75) is 69.9 Å². The lowest BCUT2D eigenvalue weighted by Crippen LogP contribution is -2.56. The Labute approximate surface area is 101 Å². The molecule has 0 radical (unpaired) electrons. The maximum atomic E-state index is 6.11. The number of hydrogen-bond acceptors (Lipinski definition) is 2. The summed E-state index contributed by atoms with van der Waals surface area (Å²) in [6, 6.07) is 0.817. The number of rotatable bonds is 3. The van der Waals surface area contributed by atoms with Crippen molar-refractivity contribution in [1.29, 1.82) is 0 Å². The molecule has 2 heteroatoms. The highest BCUT2D eigenvalue weighted by atomic mass is 15.2. The van der Waals surface area contributed by atoms with Crippen LogP contribution in [0.15, 0.2) is 0 Å². The molecule has 2 saturated carbocycles. The monoisotopic (exact) mass is 224 g/mol. The smallest absolute Gasteiger partial charge is 0.0331 e. The topological polar surface area (TPSA) is 29.3 Å². The second-order valence-corrected chi connectivity index (χ2v) is 6.16. The van der Waals surface area contributed by atoms with Crippen molar-refractivity contribution in [2.75, 3.05) is 13.6 Å². The van der Waals surface area contributed by atoms with Crippen LogP contribution in [-0.2, 0) is 0 Å². The minimum absolute atomic E-state index is 0.335. The van der Waals surface area contributed by atoms with Gasteiger partial charge in [-0.15, -0.1) is 0 Å². The first kappa shape index (κ1) is 12.4. The van der Waals surface area contributed by atoms with Gasteiger partial charge in [0.15, 0.2) is 0 Å². The Balaban J connectivity index is 2.02. The fourth-order valence-electron chi connectivity index (χ4n) is 3.68. The molecule has 16 heavy (non-hydrogen) atoms. The van der Waals surface area contributed by atoms with Gasteiger partial charge in [-0.3, -0.25) is 4.90 Å². The zero-order valence-electron chi connectivity index (χ0n) is 11.0. The van der Waals surface area contributed by atoms with Crippen molar-refractivity contribution in [3.05, 3.63) is 0 Å². The molecule has 2 rings (SSSR count). The molecule has 0 spiro atoms. The van der Waals surface area contributed by atoms with Crippen LogP contribution in [-0.4, -0.2) is 30.1 Å². The van der Waals surface area contributed by atoms with E-state index < -0.39 is 0 Å². The highest BCUT2D eigenvalue weighted by Gasteiger charge is 2.39. The van der Waals surface area contributed by atoms with Gasteiger partial charge in [0, 0.05) is 18.1 Å². The fourth-order valence-corrected chi connectivity index (χ4v) is 3.68. The van der Waals surface area contributed by atoms with Gasteiger partial charge in [0.2, 0.25) is 0 Å². The van der Waals surface area contributed by atoms with Gasteiger partial charge in [-0.25, -0.2) is 0 Å². The molecule has 2 nitrogen and oxygen atoms in total. The van der Waals surface area contributed by atoms with Crippen LogP contribution >= 0.6 is 0 Å². The van der Waals surface area contributed by atoms with E-state index in [9.17, 15) is 0 Å². The lowest BCUT2D eigenvalue weighted by atomic mass is 9.75. The Morgan fingerprint density at radius 2 is 1.69 bits per heavy atom. The number of hydrogen-bond donors (Lipinski definition) is 1. The Kier molecular flexibility index (Phi) is 3.91. The van der Waals surface area contributed by atoms with Crippen LogP contribution in [0.3, 0.4) is 0 Å². The maximum absolute atomic E-state index is 6.11. The summed E-state index contributed by atoms with van der Waals surface area (Å²) in [6.07, 6.45) is 11.0. The molecule has 0 aliphatic heterocycles. The van der Waals surface area contributed by atoms with Gasteiger partial charge in [0.1, 0.15) is 0 Å². The summed E-state index contributed by atoms with van der Waals surface area (Å²) in [5.41, 5.74) is 6.45. The molecule has 0 aromatic heterocycles. The molecule has 0 unspecified atom stereocenters. The largest absolute Gasteiger partial charge is 0.329 e. The normalized spacial score (nSPS) is 37.1. The van der Waals surface area contributed by atoms with E-state index in [4.69, 9.17) is 5.73 Å². The third-order valence-corrected chi connectivity index (χ3v) is 5.21. The average molecular weight is 224 g/mol. The molecule has 2 fully saturated rings. The molecule has 0 aromatic carbocycles. The van der Waals surface area contributed by atoms with Gasteiger partial charge in [-0.05, 0) is 51.5 Å². The Morgan fingerprint density at radius 1 is 1.12 bits per heavy atom. The van der Waals surface area contributed by atoms with Crippen LogP contribution in [0.25, 0.3) is 0 Å². The highest BCUT2D eigenvalue weighted by Crippen LogP contribution is 2.38. The van der Waals surface area contributed by atoms with Gasteiger partial charge in [0.05, 0.1) is 0 Å². The molecule has 0 amide bonds. The molecule has 0 saturated heterocycles. The summed E-state index contributed by atoms with van der Waals surface area (Å²) in [5.74, 6) is 0.914. The molecule has 94 valence electrons. The SMILES string of the molecule is CC1CCC(CN)(N(C)C2CCCC2)CC1. The lowest BCUT2D eigenvalue weighted by Gasteiger charge is -2.48. The lowest BCUT2D eigenvalue weighted by molar-refractivity contribution is 0.0342. The summed E-state index contributed by atoms with van der Waals surface area (Å²) in [6.45, 7) is 3.24. The first-order valence-corrected chi connectivity index (χ1v) is 7.11. The second-order valence-electron chi connectivity index (χ2n) is 6.16. The third-order valence-electron chi connectivity index (χ3n) is 5.21. The Hall–Kier alpha value is -0.0800. The van der Waals surface area contributed by atoms with Gasteiger partial charge in [-0.1, -0.05) is 19.8 Å². The molecule has 2 aliphatic rings. The molecular weight excluding hydrogens is 196 g/mol. The number of nitrogens with zero attached hydrogens (tertiary/aromatic N) is 1. The van der Waals surface area contributed by atoms with E-state index in [2.05, 4.69) is 18.9 Å². The van der Waals surface area contributed by atoms with Crippen LogP contribution in [0.2, 0.25) is 0 Å². The number of nitrogens with two attached hydrogens (primary N) is 1. The summed E-state index contributed by atoms with van der Waals surface area (Å²) in [7, 11) is 2.33. The van der Waals surface area contributed by atoms with Crippen molar-refractivity contribution >= 4 is 0 Å². The van der Waals surface area contributed by atoms with E-state index in [1.165, 1.54) is 51.4 Å². The van der Waals surface area contributed by atoms with Gasteiger partial charge in [-0.2, -0.15) is 0 Å². The van der Waals surface area contributed by atoms with Crippen LogP contribution in [0.4, 0.5) is 0 Å². The van der Waals surface area contributed by atoms with Crippen molar-refractivity contribution in [3.63, 3.8) is 0 Å². The molecule has 2 N–H and O–H groups in total. The van der Waals surface area contributed by atoms with Crippen molar-refractivity contribution in [2.24, 2.45) is 11.7 Å². The van der Waals surface area contributed by atoms with E-state index in [0.717, 1.165) is 18.5 Å². The van der Waals surface area contributed by atoms with Crippen LogP contribution < -0.4 is 5.73 Å². The minimum Gasteiger partial charge on any atom is -0.329 e. The molecule has 0 bridgehead atoms. The molecule has 0 aromatic rings. The number of likely N-dealkylation sites (N-methyl/N-ethyl adjacent to an activating group) is 1. The predicted molar refractivity (Wildman–Crippen MR) is 69.4 cm³/mol. The van der Waals surface area contributed by atoms with E-state index >= 15 is 0 Å². The first-order chi connectivity index (χ1) is 7.68. The van der Waals surface area contributed by atoms with E-state index in [1.807, 2.05) is 0 Å². The Morgan fingerprint density at radius 3 is 2.19 bits per heavy atom. The molecule has 2 aliphatic carbocycles. The van der Waals surface area contributed by atoms with Crippen LogP contribution in [0.5, 0.6) is 0 Å². The van der Waals surface area contributed by atoms with Crippen LogP contribution in [0.1, 0.15) is 58.3 Å². The second kappa shape index (κ2) is 5.05. The molecule has 0 heterocycles. The predicted octanol–water partition coefficient (Wildman–Crippen LogP) is 2.77. The zero-order valence-corrected chi connectivity index (χ0v) is 11.0. The maximum Gasteiger partial charge on any atom is 0.0331 e. The summed E-state index contributed by atoms with van der Waals surface area (Å²) in [4.78, 5) is 2.66. The van der Waals surface area contributed by atoms with E-state index in [1.54, 1.807) is 0 Å². The summed E-state index contributed by atoms with van der Waals surface area (Å²) >= 11 is 0. The Bertz CT molecular complexity index is 213. The van der Waals surface area contributed by atoms with Crippen molar-refractivity contribution in [3.8, 4) is 0 Å². The minimum atomic E-state index is 0.335. The summed E-state index contributed by atoms with van der Waals surface area (Å²) < 4.78 is 0. The molecular formula is C14H28N2. The fraction of sp³-hybridized carbons (Fsp3) is 1.00. The van der Waals surface area contributed by atoms with Crippen molar-refractivity contribution in [1.82, 2.24) is 4.90 Å². The quantitative estimate of drug-likeness (QED) is 0.798. The van der Waals surface area contributed by atoms with E-state index in [0.29, 0.717) is 5.54 Å².